The van der Waals surface area contributed by atoms with Crippen molar-refractivity contribution in [1.29, 1.82) is 0 Å². The number of nitrogens with two attached hydrogens (primary N) is 36. The van der Waals surface area contributed by atoms with Crippen LogP contribution in [-0.2, 0) is 101 Å². The summed E-state index contributed by atoms with van der Waals surface area (Å²) in [6.45, 7) is 0. The Morgan fingerprint density at radius 3 is 0.0500 bits per heavy atom. The van der Waals surface area contributed by atoms with E-state index in [4.69, 9.17) is 0 Å². The van der Waals surface area contributed by atoms with Gasteiger partial charge in [0.2, 0.25) is 0 Å². The molecule has 0 radical (unpaired) electrons. The molecule has 0 saturated carbocycles. The van der Waals surface area contributed by atoms with E-state index in [9.17, 15) is 0 Å². The molecule has 0 saturated heterocycles. The molecular weight excluding hydrogens is 1500 g/mol. The molecule has 0 aromatic heterocycles. The van der Waals surface area contributed by atoms with Gasteiger partial charge in [0, 0.05) is 0 Å². The van der Waals surface area contributed by atoms with Gasteiger partial charge in [-0.2, -0.15) is 0 Å². The van der Waals surface area contributed by atoms with Gasteiger partial charge in [0.25, 0.3) is 0 Å². The van der Waals surface area contributed by atoms with E-state index in [1.54, 1.807) is 0 Å². The predicted molar refractivity (Wildman–Crippen MR) is 190 cm³/mol. The standard InChI is InChI=1S/18ClH.6Co.36H2N/h18*1H;;;;;;;36*1H2/q;;;;;;;;;;;;;;;;;;6*+3;36*-1/p-18. The second-order valence-electron chi connectivity index (χ2n) is 0. The van der Waals surface area contributed by atoms with E-state index in [-0.39, 0.29) is 545 Å². The molecule has 72 N–H and O–H groups in total. The van der Waals surface area contributed by atoms with Gasteiger partial charge in [0.15, 0.2) is 0 Å². The van der Waals surface area contributed by atoms with Crippen molar-refractivity contribution < 1.29 is 324 Å². The van der Waals surface area contributed by atoms with Gasteiger partial charge in [-0.3, -0.25) is 0 Å². The number of halogens is 18. The minimum atomic E-state index is 0. The van der Waals surface area contributed by atoms with Gasteiger partial charge >= 0.3 is 101 Å². The smallest absolute Gasteiger partial charge is 1.00 e. The van der Waals surface area contributed by atoms with E-state index < -0.39 is 0 Å². The van der Waals surface area contributed by atoms with Gasteiger partial charge in [-0.15, -0.1) is 0 Å². The van der Waals surface area contributed by atoms with Gasteiger partial charge in [-0.05, 0) is 0 Å². The van der Waals surface area contributed by atoms with E-state index in [0.29, 0.717) is 0 Å². The molecule has 0 spiro atoms. The summed E-state index contributed by atoms with van der Waals surface area (Å²) in [5, 5.41) is 0. The molecule has 0 aromatic carbocycles. The summed E-state index contributed by atoms with van der Waals surface area (Å²) in [6.07, 6.45) is 0. The van der Waals surface area contributed by atoms with E-state index in [1.807, 2.05) is 0 Å². The first kappa shape index (κ1) is 6230. The Bertz CT molecular complexity index is 77.7. The first-order valence-electron chi connectivity index (χ1n) is 0. The Hall–Kier alpha value is 6.82. The van der Waals surface area contributed by atoms with Crippen LogP contribution in [0.25, 0.3) is 221 Å². The van der Waals surface area contributed by atoms with Gasteiger partial charge in [-0.25, -0.2) is 0 Å². The van der Waals surface area contributed by atoms with Crippen LogP contribution < -0.4 is 223 Å². The monoisotopic (exact) mass is 1560 g/mol. The molecule has 0 aliphatic rings. The Balaban J connectivity index is 0. The number of hydrogen-bond donors (Lipinski definition) is 0. The largest absolute Gasteiger partial charge is 3.00 e. The molecule has 0 aliphatic carbocycles. The van der Waals surface area contributed by atoms with E-state index in [0.717, 1.165) is 0 Å². The Labute approximate surface area is 539 Å². The van der Waals surface area contributed by atoms with Crippen molar-refractivity contribution in [3.05, 3.63) is 221 Å². The van der Waals surface area contributed by atoms with Crippen molar-refractivity contribution in [1.82, 2.24) is 0 Å². The van der Waals surface area contributed by atoms with Crippen LogP contribution in [0.15, 0.2) is 0 Å². The van der Waals surface area contributed by atoms with Crippen molar-refractivity contribution in [3.8, 4) is 0 Å². The molecule has 60 heteroatoms. The van der Waals surface area contributed by atoms with Crippen molar-refractivity contribution in [2.45, 2.75) is 0 Å². The first-order valence-corrected chi connectivity index (χ1v) is 0. The molecule has 0 rings (SSSR count). The van der Waals surface area contributed by atoms with Crippen LogP contribution in [0.5, 0.6) is 0 Å². The van der Waals surface area contributed by atoms with Gasteiger partial charge in [0.05, 0.1) is 0 Å². The maximum atomic E-state index is 0. The zero-order chi connectivity index (χ0) is 0. The van der Waals surface area contributed by atoms with Crippen molar-refractivity contribution in [2.75, 3.05) is 0 Å². The van der Waals surface area contributed by atoms with Crippen LogP contribution in [0.2, 0.25) is 0 Å². The SMILES string of the molecule is [Cl-].[Cl-].[Cl-].[Cl-].[Cl-].[Cl-].[Cl-].[Cl-].[Cl-].[Cl-].[Cl-].[Cl-].[Cl-].[Cl-].[Cl-].[Cl-].[Cl-].[Cl-].[Co+3].[Co+3].[Co+3].[Co+3].[Co+3].[Co+3].[NH2-].[NH2-].[NH2-].[NH2-].[NH2-].[NH2-].[NH2-].[NH2-].[NH2-].[NH2-].[NH2-].[NH2-].[NH2-].[NH2-].[NH2-].[NH2-].[NH2-].[NH2-].[NH2-].[NH2-].[NH2-].[NH2-].[NH2-].[NH2-].[NH2-].[NH2-].[NH2-].[NH2-].[NH2-].[NH2-].[NH2-].[NH2-].[NH2-].[NH2-].[NH2-].[NH2-]. The summed E-state index contributed by atoms with van der Waals surface area (Å²) in [5.74, 6) is 0. The Morgan fingerprint density at radius 2 is 0.0500 bits per heavy atom. The zero-order valence-corrected chi connectivity index (χ0v) is 49.4. The number of rotatable bonds is 0. The molecule has 0 fully saturated rings. The fourth-order valence-electron chi connectivity index (χ4n) is 0. The van der Waals surface area contributed by atoms with Crippen LogP contribution in [0.3, 0.4) is 0 Å². The maximum absolute atomic E-state index is 0. The van der Waals surface area contributed by atoms with E-state index in [1.165, 1.54) is 0 Å². The zero-order valence-electron chi connectivity index (χ0n) is 29.6. The normalized spacial score (nSPS) is 0. The molecule has 0 atom stereocenters. The molecule has 60 heavy (non-hydrogen) atoms. The third-order valence-electron chi connectivity index (χ3n) is 0. The average molecular weight is 1570 g/mol. The molecule has 0 aromatic rings. The molecule has 0 amide bonds. The van der Waals surface area contributed by atoms with Crippen LogP contribution in [0.1, 0.15) is 0 Å². The van der Waals surface area contributed by atoms with Gasteiger partial charge < -0.3 is 445 Å². The minimum absolute atomic E-state index is 0. The topological polar surface area (TPSA) is 1210 Å². The van der Waals surface area contributed by atoms with Crippen LogP contribution in [0, 0.1) is 0 Å². The van der Waals surface area contributed by atoms with Crippen LogP contribution in [-0.4, -0.2) is 0 Å². The minimum Gasteiger partial charge on any atom is -1.00 e. The fourth-order valence-corrected chi connectivity index (χ4v) is 0. The van der Waals surface area contributed by atoms with Crippen LogP contribution >= 0.6 is 0 Å². The van der Waals surface area contributed by atoms with Gasteiger partial charge in [0.1, 0.15) is 0 Å². The summed E-state index contributed by atoms with van der Waals surface area (Å²) >= 11 is 0. The molecule has 0 heterocycles. The van der Waals surface area contributed by atoms with E-state index >= 15 is 0 Å². The summed E-state index contributed by atoms with van der Waals surface area (Å²) < 4.78 is 0. The first-order chi connectivity index (χ1) is 0. The molecular formula is H72Cl18Co6N36-36. The van der Waals surface area contributed by atoms with Crippen molar-refractivity contribution >= 4 is 0 Å². The number of hydrogen-bond acceptors (Lipinski definition) is 0. The van der Waals surface area contributed by atoms with E-state index in [2.05, 4.69) is 0 Å². The quantitative estimate of drug-likeness (QED) is 0.218. The fraction of sp³-hybridized carbons (Fsp3) is 0. The average Bonchev–Trinajstić information content (AvgIpc) is 0. The van der Waals surface area contributed by atoms with Crippen molar-refractivity contribution in [3.63, 3.8) is 0 Å². The second-order valence-corrected chi connectivity index (χ2v) is 0. The molecule has 36 nitrogen and oxygen atoms in total. The summed E-state index contributed by atoms with van der Waals surface area (Å²) in [5.41, 5.74) is 0. The van der Waals surface area contributed by atoms with Gasteiger partial charge in [-0.1, -0.05) is 0 Å². The Morgan fingerprint density at radius 1 is 0.0500 bits per heavy atom. The summed E-state index contributed by atoms with van der Waals surface area (Å²) in [6, 6.07) is 0. The second kappa shape index (κ2) is 5950. The molecule has 0 bridgehead atoms. The van der Waals surface area contributed by atoms with Crippen LogP contribution in [0.4, 0.5) is 0 Å². The molecule has 468 valence electrons. The third-order valence-corrected chi connectivity index (χ3v) is 0. The third kappa shape index (κ3) is 5680. The molecule has 0 aliphatic heterocycles. The van der Waals surface area contributed by atoms with Crippen molar-refractivity contribution in [2.24, 2.45) is 0 Å². The summed E-state index contributed by atoms with van der Waals surface area (Å²) in [4.78, 5) is 0. The molecule has 0 unspecified atom stereocenters. The predicted octanol–water partition coefficient (Wildman–Crippen LogP) is -28.1. The summed E-state index contributed by atoms with van der Waals surface area (Å²) in [7, 11) is 0. The maximum Gasteiger partial charge on any atom is 3.00 e. The Kier molecular flexibility index (Phi) is 617000.